The van der Waals surface area contributed by atoms with Crippen LogP contribution in [0.2, 0.25) is 0 Å². The Bertz CT molecular complexity index is 839. The molecule has 27 heavy (non-hydrogen) atoms. The van der Waals surface area contributed by atoms with Crippen molar-refractivity contribution in [2.75, 3.05) is 13.6 Å². The highest BCUT2D eigenvalue weighted by atomic mass is 127. The van der Waals surface area contributed by atoms with Crippen LogP contribution in [0.25, 0.3) is 11.6 Å². The van der Waals surface area contributed by atoms with Crippen LogP contribution in [0.3, 0.4) is 0 Å². The molecule has 0 spiro atoms. The molecular weight excluding hydrogens is 461 g/mol. The predicted octanol–water partition coefficient (Wildman–Crippen LogP) is 2.70. The Labute approximate surface area is 174 Å². The molecule has 0 aromatic carbocycles. The molecule has 0 saturated heterocycles. The summed E-state index contributed by atoms with van der Waals surface area (Å²) in [7, 11) is 1.72. The average molecular weight is 485 g/mol. The Morgan fingerprint density at radius 3 is 2.85 bits per heavy atom. The topological polar surface area (TPSA) is 117 Å². The van der Waals surface area contributed by atoms with E-state index in [4.69, 9.17) is 8.94 Å². The van der Waals surface area contributed by atoms with E-state index in [1.54, 1.807) is 19.4 Å². The highest BCUT2D eigenvalue weighted by Crippen LogP contribution is 2.14. The molecule has 146 valence electrons. The summed E-state index contributed by atoms with van der Waals surface area (Å²) in [5.74, 6) is 3.77. The third-order valence-electron chi connectivity index (χ3n) is 3.75. The zero-order valence-electron chi connectivity index (χ0n) is 15.5. The molecule has 0 atom stereocenters. The van der Waals surface area contributed by atoms with Gasteiger partial charge in [-0.15, -0.1) is 24.0 Å². The van der Waals surface area contributed by atoms with Crippen molar-refractivity contribution in [3.8, 4) is 11.6 Å². The largest absolute Gasteiger partial charge is 0.461 e. The van der Waals surface area contributed by atoms with Gasteiger partial charge in [0.25, 0.3) is 0 Å². The van der Waals surface area contributed by atoms with Crippen LogP contribution in [0.15, 0.2) is 38.4 Å². The first-order valence-electron chi connectivity index (χ1n) is 8.51. The zero-order valence-corrected chi connectivity index (χ0v) is 17.9. The Balaban J connectivity index is 0.00000261. The van der Waals surface area contributed by atoms with Crippen LogP contribution in [-0.2, 0) is 13.0 Å². The lowest BCUT2D eigenvalue weighted by Crippen LogP contribution is -2.37. The van der Waals surface area contributed by atoms with E-state index in [-0.39, 0.29) is 24.0 Å². The average Bonchev–Trinajstić information content (AvgIpc) is 3.39. The highest BCUT2D eigenvalue weighted by molar-refractivity contribution is 14.0. The van der Waals surface area contributed by atoms with E-state index in [9.17, 15) is 0 Å². The lowest BCUT2D eigenvalue weighted by Gasteiger charge is -2.09. The van der Waals surface area contributed by atoms with E-state index in [1.807, 2.05) is 12.1 Å². The van der Waals surface area contributed by atoms with Crippen LogP contribution in [0.1, 0.15) is 37.0 Å². The van der Waals surface area contributed by atoms with Crippen molar-refractivity contribution in [1.29, 1.82) is 0 Å². The monoisotopic (exact) mass is 485 g/mol. The molecule has 0 unspecified atom stereocenters. The van der Waals surface area contributed by atoms with Gasteiger partial charge >= 0.3 is 0 Å². The number of nitrogens with zero attached hydrogens (tertiary/aromatic N) is 4. The normalized spacial score (nSPS) is 11.5. The van der Waals surface area contributed by atoms with E-state index in [0.717, 1.165) is 17.3 Å². The number of H-pyrrole nitrogens is 1. The fourth-order valence-corrected chi connectivity index (χ4v) is 2.30. The van der Waals surface area contributed by atoms with Crippen LogP contribution in [0.5, 0.6) is 0 Å². The quantitative estimate of drug-likeness (QED) is 0.268. The predicted molar refractivity (Wildman–Crippen MR) is 112 cm³/mol. The smallest absolute Gasteiger partial charge is 0.216 e. The second kappa shape index (κ2) is 10.1. The number of hydrogen-bond acceptors (Lipinski definition) is 6. The van der Waals surface area contributed by atoms with E-state index in [1.165, 1.54) is 0 Å². The molecule has 0 aliphatic heterocycles. The Morgan fingerprint density at radius 2 is 2.19 bits per heavy atom. The van der Waals surface area contributed by atoms with Crippen molar-refractivity contribution in [3.63, 3.8) is 0 Å². The molecule has 0 aliphatic carbocycles. The standard InChI is InChI=1S/C17H23N7O2.HI/c1-11(2)13-9-12(26-24-13)10-20-17(18-3)19-7-6-15-21-16(23-22-15)14-5-4-8-25-14;/h4-5,8-9,11H,6-7,10H2,1-3H3,(H2,18,19,20)(H,21,22,23);1H. The summed E-state index contributed by atoms with van der Waals surface area (Å²) in [4.78, 5) is 8.60. The van der Waals surface area contributed by atoms with Gasteiger partial charge < -0.3 is 19.6 Å². The van der Waals surface area contributed by atoms with Crippen LogP contribution in [-0.4, -0.2) is 39.9 Å². The minimum Gasteiger partial charge on any atom is -0.461 e. The summed E-state index contributed by atoms with van der Waals surface area (Å²) in [6, 6.07) is 5.59. The molecule has 0 radical (unpaired) electrons. The number of aromatic amines is 1. The minimum atomic E-state index is 0. The van der Waals surface area contributed by atoms with Gasteiger partial charge in [-0.3, -0.25) is 10.1 Å². The molecule has 9 nitrogen and oxygen atoms in total. The van der Waals surface area contributed by atoms with Crippen molar-refractivity contribution < 1.29 is 8.94 Å². The summed E-state index contributed by atoms with van der Waals surface area (Å²) >= 11 is 0. The molecule has 0 saturated carbocycles. The van der Waals surface area contributed by atoms with Crippen molar-refractivity contribution in [1.82, 2.24) is 31.0 Å². The summed E-state index contributed by atoms with van der Waals surface area (Å²) in [5, 5.41) is 17.5. The number of guanidine groups is 1. The van der Waals surface area contributed by atoms with Gasteiger partial charge in [0.15, 0.2) is 17.5 Å². The third-order valence-corrected chi connectivity index (χ3v) is 3.75. The maximum absolute atomic E-state index is 5.31. The van der Waals surface area contributed by atoms with Crippen molar-refractivity contribution in [2.45, 2.75) is 32.7 Å². The van der Waals surface area contributed by atoms with Gasteiger partial charge in [-0.1, -0.05) is 19.0 Å². The van der Waals surface area contributed by atoms with Crippen LogP contribution >= 0.6 is 24.0 Å². The van der Waals surface area contributed by atoms with Crippen LogP contribution in [0, 0.1) is 0 Å². The first kappa shape index (κ1) is 20.9. The van der Waals surface area contributed by atoms with Crippen molar-refractivity contribution in [3.05, 3.63) is 41.7 Å². The molecule has 0 fully saturated rings. The van der Waals surface area contributed by atoms with Gasteiger partial charge in [-0.2, -0.15) is 5.10 Å². The number of furan rings is 1. The molecule has 3 N–H and O–H groups in total. The first-order valence-corrected chi connectivity index (χ1v) is 8.51. The van der Waals surface area contributed by atoms with Gasteiger partial charge in [0.2, 0.25) is 5.82 Å². The van der Waals surface area contributed by atoms with Gasteiger partial charge in [-0.25, -0.2) is 4.98 Å². The summed E-state index contributed by atoms with van der Waals surface area (Å²) < 4.78 is 10.6. The Hall–Kier alpha value is -2.37. The maximum Gasteiger partial charge on any atom is 0.216 e. The van der Waals surface area contributed by atoms with E-state index < -0.39 is 0 Å². The molecular formula is C17H24IN7O2. The number of aliphatic imine (C=N–C) groups is 1. The van der Waals surface area contributed by atoms with Crippen LogP contribution < -0.4 is 10.6 Å². The summed E-state index contributed by atoms with van der Waals surface area (Å²) in [6.45, 7) is 5.33. The lowest BCUT2D eigenvalue weighted by molar-refractivity contribution is 0.372. The molecule has 0 aliphatic rings. The second-order valence-corrected chi connectivity index (χ2v) is 6.06. The minimum absolute atomic E-state index is 0. The molecule has 3 aromatic heterocycles. The van der Waals surface area contributed by atoms with Crippen molar-refractivity contribution >= 4 is 29.9 Å². The molecule has 3 heterocycles. The fourth-order valence-electron chi connectivity index (χ4n) is 2.30. The SMILES string of the molecule is CN=C(NCCc1nc(-c2ccco2)n[nH]1)NCc1cc(C(C)C)no1.I. The fraction of sp³-hybridized carbons (Fsp3) is 0.412. The number of aromatic nitrogens is 4. The number of halogens is 1. The molecule has 10 heteroatoms. The first-order chi connectivity index (χ1) is 12.7. The van der Waals surface area contributed by atoms with Gasteiger partial charge in [0, 0.05) is 26.1 Å². The van der Waals surface area contributed by atoms with E-state index >= 15 is 0 Å². The summed E-state index contributed by atoms with van der Waals surface area (Å²) in [5.41, 5.74) is 0.947. The molecule has 0 bridgehead atoms. The van der Waals surface area contributed by atoms with Gasteiger partial charge in [0.05, 0.1) is 18.5 Å². The molecule has 0 amide bonds. The highest BCUT2D eigenvalue weighted by Gasteiger charge is 2.09. The number of rotatable bonds is 7. The number of hydrogen-bond donors (Lipinski definition) is 3. The Kier molecular flexibility index (Phi) is 7.82. The summed E-state index contributed by atoms with van der Waals surface area (Å²) in [6.07, 6.45) is 2.27. The second-order valence-electron chi connectivity index (χ2n) is 6.06. The van der Waals surface area contributed by atoms with E-state index in [2.05, 4.69) is 49.8 Å². The van der Waals surface area contributed by atoms with Crippen molar-refractivity contribution in [2.24, 2.45) is 4.99 Å². The molecule has 3 rings (SSSR count). The maximum atomic E-state index is 5.31. The van der Waals surface area contributed by atoms with Gasteiger partial charge in [0.1, 0.15) is 5.82 Å². The van der Waals surface area contributed by atoms with E-state index in [0.29, 0.717) is 43.0 Å². The Morgan fingerprint density at radius 1 is 1.33 bits per heavy atom. The zero-order chi connectivity index (χ0) is 18.4. The number of nitrogens with one attached hydrogen (secondary N) is 3. The lowest BCUT2D eigenvalue weighted by atomic mass is 10.1. The third kappa shape index (κ3) is 5.81. The van der Waals surface area contributed by atoms with Gasteiger partial charge in [-0.05, 0) is 18.1 Å². The van der Waals surface area contributed by atoms with Crippen LogP contribution in [0.4, 0.5) is 0 Å². The molecule has 3 aromatic rings.